The van der Waals surface area contributed by atoms with E-state index in [2.05, 4.69) is 104 Å². The standard InChI is InChI=1S/C31H29N/c1-6-13-21(3)27-19-25(24-16-9-8-10-17-24)20-28-30(29(14-7-2)32-31(27)28)23(5)26-18-12-11-15-22(26)4/h6-20,32H,3,5H2,1-2,4H3/b13-6+,14-7-. The van der Waals surface area contributed by atoms with Gasteiger partial charge in [-0.25, -0.2) is 0 Å². The van der Waals surface area contributed by atoms with Crippen LogP contribution in [0.4, 0.5) is 0 Å². The molecule has 0 saturated carbocycles. The van der Waals surface area contributed by atoms with E-state index in [0.717, 1.165) is 44.4 Å². The fourth-order valence-corrected chi connectivity index (χ4v) is 4.32. The summed E-state index contributed by atoms with van der Waals surface area (Å²) in [6.07, 6.45) is 8.29. The number of benzene rings is 3. The highest BCUT2D eigenvalue weighted by atomic mass is 14.7. The summed E-state index contributed by atoms with van der Waals surface area (Å²) in [6.45, 7) is 15.1. The summed E-state index contributed by atoms with van der Waals surface area (Å²) in [5, 5.41) is 1.16. The quantitative estimate of drug-likeness (QED) is 0.303. The molecule has 32 heavy (non-hydrogen) atoms. The molecule has 0 amide bonds. The van der Waals surface area contributed by atoms with Gasteiger partial charge in [0, 0.05) is 22.2 Å². The highest BCUT2D eigenvalue weighted by Crippen LogP contribution is 2.39. The van der Waals surface area contributed by atoms with Crippen molar-refractivity contribution in [3.63, 3.8) is 0 Å². The Balaban J connectivity index is 2.07. The molecule has 4 rings (SSSR count). The van der Waals surface area contributed by atoms with Gasteiger partial charge in [0.2, 0.25) is 0 Å². The second-order valence-electron chi connectivity index (χ2n) is 8.04. The van der Waals surface area contributed by atoms with E-state index < -0.39 is 0 Å². The number of aromatic nitrogens is 1. The molecule has 4 aromatic rings. The smallest absolute Gasteiger partial charge is 0.0544 e. The number of nitrogens with one attached hydrogen (secondary N) is 1. The Morgan fingerprint density at radius 3 is 2.22 bits per heavy atom. The van der Waals surface area contributed by atoms with E-state index in [0.29, 0.717) is 0 Å². The third-order valence-corrected chi connectivity index (χ3v) is 5.86. The maximum absolute atomic E-state index is 4.54. The van der Waals surface area contributed by atoms with E-state index in [1.54, 1.807) is 0 Å². The summed E-state index contributed by atoms with van der Waals surface area (Å²) in [5.74, 6) is 0. The molecule has 1 N–H and O–H groups in total. The Bertz CT molecular complexity index is 1360. The molecule has 0 aliphatic heterocycles. The Hall–Kier alpha value is -3.84. The molecule has 1 nitrogen and oxygen atoms in total. The Labute approximate surface area is 191 Å². The highest BCUT2D eigenvalue weighted by molar-refractivity contribution is 6.06. The Kier molecular flexibility index (Phi) is 6.09. The van der Waals surface area contributed by atoms with Gasteiger partial charge in [-0.2, -0.15) is 0 Å². The first-order valence-electron chi connectivity index (χ1n) is 11.0. The zero-order valence-electron chi connectivity index (χ0n) is 19.1. The van der Waals surface area contributed by atoms with Gasteiger partial charge in [-0.15, -0.1) is 0 Å². The van der Waals surface area contributed by atoms with Gasteiger partial charge < -0.3 is 4.98 Å². The van der Waals surface area contributed by atoms with Crippen molar-refractivity contribution in [3.8, 4) is 11.1 Å². The number of aromatic amines is 1. The molecule has 1 heteroatoms. The number of fused-ring (bicyclic) bond motifs is 1. The summed E-state index contributed by atoms with van der Waals surface area (Å²) in [5.41, 5.74) is 11.1. The number of hydrogen-bond donors (Lipinski definition) is 1. The van der Waals surface area contributed by atoms with Gasteiger partial charge in [-0.05, 0) is 72.4 Å². The van der Waals surface area contributed by atoms with Crippen molar-refractivity contribution in [1.82, 2.24) is 4.98 Å². The fourth-order valence-electron chi connectivity index (χ4n) is 4.32. The van der Waals surface area contributed by atoms with Gasteiger partial charge in [0.15, 0.2) is 0 Å². The first-order chi connectivity index (χ1) is 15.5. The summed E-state index contributed by atoms with van der Waals surface area (Å²) < 4.78 is 0. The Morgan fingerprint density at radius 1 is 0.812 bits per heavy atom. The van der Waals surface area contributed by atoms with Crippen molar-refractivity contribution in [2.45, 2.75) is 20.8 Å². The molecule has 0 radical (unpaired) electrons. The molecule has 158 valence electrons. The summed E-state index contributed by atoms with van der Waals surface area (Å²) in [4.78, 5) is 3.68. The largest absolute Gasteiger partial charge is 0.354 e. The molecule has 0 aliphatic rings. The SMILES string of the molecule is C=C(c1ccccc1C)c1c(/C=C\C)[nH]c2c(C(=C)/C=C/C)cc(-c3ccccc3)cc12. The van der Waals surface area contributed by atoms with Crippen molar-refractivity contribution in [1.29, 1.82) is 0 Å². The van der Waals surface area contributed by atoms with Gasteiger partial charge in [0.1, 0.15) is 0 Å². The predicted molar refractivity (Wildman–Crippen MR) is 142 cm³/mol. The van der Waals surface area contributed by atoms with Crippen LogP contribution >= 0.6 is 0 Å². The molecule has 1 heterocycles. The van der Waals surface area contributed by atoms with Crippen LogP contribution in [0.2, 0.25) is 0 Å². The van der Waals surface area contributed by atoms with Gasteiger partial charge in [0.25, 0.3) is 0 Å². The van der Waals surface area contributed by atoms with E-state index in [1.165, 1.54) is 16.7 Å². The molecule has 3 aromatic carbocycles. The van der Waals surface area contributed by atoms with Crippen LogP contribution in [0.15, 0.2) is 98.1 Å². The van der Waals surface area contributed by atoms with Gasteiger partial charge in [0.05, 0.1) is 5.52 Å². The maximum Gasteiger partial charge on any atom is 0.0544 e. The van der Waals surface area contributed by atoms with Crippen molar-refractivity contribution < 1.29 is 0 Å². The Morgan fingerprint density at radius 2 is 1.53 bits per heavy atom. The number of H-pyrrole nitrogens is 1. The molecule has 0 saturated heterocycles. The number of aryl methyl sites for hydroxylation is 1. The van der Waals surface area contributed by atoms with Crippen molar-refractivity contribution in [3.05, 3.63) is 126 Å². The molecule has 1 aromatic heterocycles. The van der Waals surface area contributed by atoms with Crippen molar-refractivity contribution >= 4 is 28.1 Å². The van der Waals surface area contributed by atoms with Gasteiger partial charge in [-0.3, -0.25) is 0 Å². The molecule has 0 unspecified atom stereocenters. The molecule has 0 bridgehead atoms. The maximum atomic E-state index is 4.54. The van der Waals surface area contributed by atoms with Crippen LogP contribution < -0.4 is 0 Å². The summed E-state index contributed by atoms with van der Waals surface area (Å²) >= 11 is 0. The van der Waals surface area contributed by atoms with E-state index in [-0.39, 0.29) is 0 Å². The molecule has 0 atom stereocenters. The van der Waals surface area contributed by atoms with E-state index in [1.807, 2.05) is 26.0 Å². The van der Waals surface area contributed by atoms with Crippen LogP contribution in [0.3, 0.4) is 0 Å². The average Bonchev–Trinajstić information content (AvgIpc) is 3.17. The monoisotopic (exact) mass is 415 g/mol. The van der Waals surface area contributed by atoms with Gasteiger partial charge in [-0.1, -0.05) is 86.0 Å². The second kappa shape index (κ2) is 9.11. The van der Waals surface area contributed by atoms with Crippen LogP contribution in [-0.4, -0.2) is 4.98 Å². The lowest BCUT2D eigenvalue weighted by Crippen LogP contribution is -1.92. The minimum absolute atomic E-state index is 0.983. The molecular weight excluding hydrogens is 386 g/mol. The van der Waals surface area contributed by atoms with E-state index >= 15 is 0 Å². The van der Waals surface area contributed by atoms with Crippen LogP contribution in [0.25, 0.3) is 39.3 Å². The second-order valence-corrected chi connectivity index (χ2v) is 8.04. The molecule has 0 fully saturated rings. The van der Waals surface area contributed by atoms with E-state index in [4.69, 9.17) is 0 Å². The lowest BCUT2D eigenvalue weighted by molar-refractivity contribution is 1.39. The number of allylic oxidation sites excluding steroid dienone is 4. The minimum atomic E-state index is 0.983. The summed E-state index contributed by atoms with van der Waals surface area (Å²) in [7, 11) is 0. The van der Waals surface area contributed by atoms with Crippen molar-refractivity contribution in [2.24, 2.45) is 0 Å². The van der Waals surface area contributed by atoms with E-state index in [9.17, 15) is 0 Å². The number of rotatable bonds is 6. The average molecular weight is 416 g/mol. The third-order valence-electron chi connectivity index (χ3n) is 5.86. The van der Waals surface area contributed by atoms with Crippen LogP contribution in [0, 0.1) is 6.92 Å². The normalized spacial score (nSPS) is 11.6. The highest BCUT2D eigenvalue weighted by Gasteiger charge is 2.19. The van der Waals surface area contributed by atoms with Crippen LogP contribution in [-0.2, 0) is 0 Å². The molecule has 0 aliphatic carbocycles. The predicted octanol–water partition coefficient (Wildman–Crippen LogP) is 8.83. The lowest BCUT2D eigenvalue weighted by atomic mass is 9.90. The first-order valence-corrected chi connectivity index (χ1v) is 11.0. The molecular formula is C31H29N. The zero-order chi connectivity index (χ0) is 22.7. The lowest BCUT2D eigenvalue weighted by Gasteiger charge is -2.12. The summed E-state index contributed by atoms with van der Waals surface area (Å²) in [6, 6.07) is 23.5. The zero-order valence-corrected chi connectivity index (χ0v) is 19.1. The van der Waals surface area contributed by atoms with Crippen LogP contribution in [0.1, 0.15) is 41.8 Å². The number of hydrogen-bond acceptors (Lipinski definition) is 0. The third kappa shape index (κ3) is 3.90. The van der Waals surface area contributed by atoms with Crippen LogP contribution in [0.5, 0.6) is 0 Å². The fraction of sp³-hybridized carbons (Fsp3) is 0.0968. The molecule has 0 spiro atoms. The van der Waals surface area contributed by atoms with Crippen molar-refractivity contribution in [2.75, 3.05) is 0 Å². The van der Waals surface area contributed by atoms with Gasteiger partial charge >= 0.3 is 0 Å². The first kappa shape index (κ1) is 21.4. The minimum Gasteiger partial charge on any atom is -0.354 e. The topological polar surface area (TPSA) is 15.8 Å².